The van der Waals surface area contributed by atoms with E-state index in [4.69, 9.17) is 11.6 Å². The summed E-state index contributed by atoms with van der Waals surface area (Å²) in [5.41, 5.74) is 0.977. The molecule has 0 spiro atoms. The van der Waals surface area contributed by atoms with Crippen LogP contribution in [0.15, 0.2) is 30.5 Å². The minimum Gasteiger partial charge on any atom is -0.255 e. The van der Waals surface area contributed by atoms with Crippen LogP contribution in [0.4, 0.5) is 0 Å². The summed E-state index contributed by atoms with van der Waals surface area (Å²) in [6.45, 7) is 0. The van der Waals surface area contributed by atoms with Crippen molar-refractivity contribution < 1.29 is 0 Å². The molecule has 0 bridgehead atoms. The molecule has 0 N–H and O–H groups in total. The molecular weight excluding hydrogens is 284 g/mol. The average Bonchev–Trinajstić information content (AvgIpc) is 2.07. The Bertz CT molecular complexity index is 387. The van der Waals surface area contributed by atoms with Gasteiger partial charge in [-0.2, -0.15) is 0 Å². The average molecular weight is 290 g/mol. The SMILES string of the molecule is Clc1ccnc2c(I)cccc12. The molecule has 12 heavy (non-hydrogen) atoms. The Balaban J connectivity index is 2.94. The fourth-order valence-electron chi connectivity index (χ4n) is 1.11. The van der Waals surface area contributed by atoms with Gasteiger partial charge in [-0.15, -0.1) is 0 Å². The molecule has 0 fully saturated rings. The van der Waals surface area contributed by atoms with Gasteiger partial charge in [0.1, 0.15) is 0 Å². The summed E-state index contributed by atoms with van der Waals surface area (Å²) < 4.78 is 1.13. The number of aromatic nitrogens is 1. The van der Waals surface area contributed by atoms with E-state index in [0.717, 1.165) is 19.5 Å². The van der Waals surface area contributed by atoms with Crippen LogP contribution in [0.1, 0.15) is 0 Å². The van der Waals surface area contributed by atoms with Gasteiger partial charge in [0.25, 0.3) is 0 Å². The first-order chi connectivity index (χ1) is 5.79. The Labute approximate surface area is 88.9 Å². The highest BCUT2D eigenvalue weighted by atomic mass is 127. The van der Waals surface area contributed by atoms with E-state index in [1.165, 1.54) is 0 Å². The zero-order valence-electron chi connectivity index (χ0n) is 6.09. The topological polar surface area (TPSA) is 12.9 Å². The van der Waals surface area contributed by atoms with E-state index >= 15 is 0 Å². The first-order valence-corrected chi connectivity index (χ1v) is 4.93. The second kappa shape index (κ2) is 3.18. The minimum atomic E-state index is 0.763. The van der Waals surface area contributed by atoms with Crippen molar-refractivity contribution in [2.75, 3.05) is 0 Å². The lowest BCUT2D eigenvalue weighted by molar-refractivity contribution is 1.40. The summed E-state index contributed by atoms with van der Waals surface area (Å²) in [4.78, 5) is 4.25. The van der Waals surface area contributed by atoms with Crippen molar-refractivity contribution in [2.24, 2.45) is 0 Å². The van der Waals surface area contributed by atoms with E-state index in [2.05, 4.69) is 27.6 Å². The largest absolute Gasteiger partial charge is 0.255 e. The summed E-state index contributed by atoms with van der Waals surface area (Å²) in [5.74, 6) is 0. The lowest BCUT2D eigenvalue weighted by atomic mass is 10.2. The van der Waals surface area contributed by atoms with E-state index in [1.807, 2.05) is 18.2 Å². The molecule has 1 aromatic heterocycles. The zero-order chi connectivity index (χ0) is 8.55. The second-order valence-corrected chi connectivity index (χ2v) is 4.00. The molecule has 0 unspecified atom stereocenters. The summed E-state index contributed by atoms with van der Waals surface area (Å²) in [7, 11) is 0. The van der Waals surface area contributed by atoms with Crippen LogP contribution in [-0.2, 0) is 0 Å². The highest BCUT2D eigenvalue weighted by molar-refractivity contribution is 14.1. The van der Waals surface area contributed by atoms with E-state index in [1.54, 1.807) is 12.3 Å². The van der Waals surface area contributed by atoms with Crippen molar-refractivity contribution in [2.45, 2.75) is 0 Å². The van der Waals surface area contributed by atoms with E-state index in [9.17, 15) is 0 Å². The highest BCUT2D eigenvalue weighted by Gasteiger charge is 2.00. The standard InChI is InChI=1S/C9H5ClIN/c10-7-4-5-12-9-6(7)2-1-3-8(9)11/h1-5H. The van der Waals surface area contributed by atoms with Crippen LogP contribution in [0.2, 0.25) is 5.02 Å². The number of pyridine rings is 1. The predicted molar refractivity (Wildman–Crippen MR) is 59.5 cm³/mol. The molecule has 60 valence electrons. The summed E-state index contributed by atoms with van der Waals surface area (Å²) >= 11 is 8.24. The number of hydrogen-bond acceptors (Lipinski definition) is 1. The lowest BCUT2D eigenvalue weighted by Gasteiger charge is -1.99. The van der Waals surface area contributed by atoms with Crippen LogP contribution >= 0.6 is 34.2 Å². The van der Waals surface area contributed by atoms with E-state index in [0.29, 0.717) is 0 Å². The normalized spacial score (nSPS) is 10.5. The third-order valence-corrected chi connectivity index (χ3v) is 2.87. The number of rotatable bonds is 0. The Morgan fingerprint density at radius 1 is 1.25 bits per heavy atom. The Morgan fingerprint density at radius 3 is 2.83 bits per heavy atom. The van der Waals surface area contributed by atoms with Crippen LogP contribution in [0.3, 0.4) is 0 Å². The van der Waals surface area contributed by atoms with Crippen molar-refractivity contribution in [3.63, 3.8) is 0 Å². The molecule has 0 aliphatic rings. The molecule has 0 aliphatic heterocycles. The van der Waals surface area contributed by atoms with Crippen LogP contribution < -0.4 is 0 Å². The van der Waals surface area contributed by atoms with Crippen LogP contribution in [0.25, 0.3) is 10.9 Å². The molecule has 1 aromatic carbocycles. The predicted octanol–water partition coefficient (Wildman–Crippen LogP) is 3.49. The molecule has 0 atom stereocenters. The third-order valence-electron chi connectivity index (χ3n) is 1.67. The molecule has 0 amide bonds. The maximum atomic E-state index is 5.99. The Kier molecular flexibility index (Phi) is 2.19. The lowest BCUT2D eigenvalue weighted by Crippen LogP contribution is -1.81. The fourth-order valence-corrected chi connectivity index (χ4v) is 1.95. The Morgan fingerprint density at radius 2 is 2.08 bits per heavy atom. The van der Waals surface area contributed by atoms with Gasteiger partial charge in [-0.1, -0.05) is 23.7 Å². The quantitative estimate of drug-likeness (QED) is 0.677. The third kappa shape index (κ3) is 1.29. The second-order valence-electron chi connectivity index (χ2n) is 2.43. The van der Waals surface area contributed by atoms with Crippen molar-refractivity contribution in [1.29, 1.82) is 0 Å². The van der Waals surface area contributed by atoms with Gasteiger partial charge in [0, 0.05) is 15.2 Å². The molecule has 1 nitrogen and oxygen atoms in total. The summed E-state index contributed by atoms with van der Waals surface area (Å²) in [6.07, 6.45) is 1.73. The van der Waals surface area contributed by atoms with Gasteiger partial charge in [0.2, 0.25) is 0 Å². The smallest absolute Gasteiger partial charge is 0.0850 e. The van der Waals surface area contributed by atoms with Gasteiger partial charge in [-0.25, -0.2) is 0 Å². The molecule has 3 heteroatoms. The van der Waals surface area contributed by atoms with Gasteiger partial charge < -0.3 is 0 Å². The van der Waals surface area contributed by atoms with Gasteiger partial charge in [-0.3, -0.25) is 4.98 Å². The van der Waals surface area contributed by atoms with Crippen LogP contribution in [0, 0.1) is 3.57 Å². The zero-order valence-corrected chi connectivity index (χ0v) is 9.00. The number of para-hydroxylation sites is 1. The molecule has 2 rings (SSSR count). The molecule has 2 aromatic rings. The number of fused-ring (bicyclic) bond motifs is 1. The van der Waals surface area contributed by atoms with E-state index < -0.39 is 0 Å². The first kappa shape index (κ1) is 8.26. The van der Waals surface area contributed by atoms with Gasteiger partial charge >= 0.3 is 0 Å². The van der Waals surface area contributed by atoms with Crippen molar-refractivity contribution in [1.82, 2.24) is 4.98 Å². The Hall–Kier alpha value is -0.350. The van der Waals surface area contributed by atoms with Crippen molar-refractivity contribution in [3.05, 3.63) is 39.1 Å². The summed E-state index contributed by atoms with van der Waals surface area (Å²) in [5, 5.41) is 1.78. The number of halogens is 2. The highest BCUT2D eigenvalue weighted by Crippen LogP contribution is 2.24. The minimum absolute atomic E-state index is 0.763. The van der Waals surface area contributed by atoms with Gasteiger partial charge in [-0.05, 0) is 34.7 Å². The van der Waals surface area contributed by atoms with Gasteiger partial charge in [0.05, 0.1) is 10.5 Å². The molecular formula is C9H5ClIN. The molecule has 0 saturated carbocycles. The summed E-state index contributed by atoms with van der Waals surface area (Å²) in [6, 6.07) is 7.79. The van der Waals surface area contributed by atoms with E-state index in [-0.39, 0.29) is 0 Å². The van der Waals surface area contributed by atoms with Crippen LogP contribution in [-0.4, -0.2) is 4.98 Å². The maximum absolute atomic E-state index is 5.99. The molecule has 0 saturated heterocycles. The van der Waals surface area contributed by atoms with Crippen LogP contribution in [0.5, 0.6) is 0 Å². The molecule has 1 heterocycles. The first-order valence-electron chi connectivity index (χ1n) is 3.48. The maximum Gasteiger partial charge on any atom is 0.0850 e. The fraction of sp³-hybridized carbons (Fsp3) is 0. The van der Waals surface area contributed by atoms with Crippen molar-refractivity contribution in [3.8, 4) is 0 Å². The molecule has 0 aliphatic carbocycles. The number of hydrogen-bond donors (Lipinski definition) is 0. The number of nitrogens with zero attached hydrogens (tertiary/aromatic N) is 1. The molecule has 0 radical (unpaired) electrons. The monoisotopic (exact) mass is 289 g/mol. The van der Waals surface area contributed by atoms with Crippen molar-refractivity contribution >= 4 is 45.1 Å². The number of benzene rings is 1. The van der Waals surface area contributed by atoms with Gasteiger partial charge in [0.15, 0.2) is 0 Å².